The highest BCUT2D eigenvalue weighted by Gasteiger charge is 2.27. The van der Waals surface area contributed by atoms with Crippen LogP contribution < -0.4 is 5.73 Å². The summed E-state index contributed by atoms with van der Waals surface area (Å²) in [7, 11) is 1.51. The van der Waals surface area contributed by atoms with Crippen LogP contribution in [0.4, 0.5) is 0 Å². The monoisotopic (exact) mass is 328 g/mol. The third-order valence-corrected chi connectivity index (χ3v) is 3.43. The molecule has 8 heteroatoms. The Morgan fingerprint density at radius 3 is 2.45 bits per heavy atom. The van der Waals surface area contributed by atoms with E-state index in [2.05, 4.69) is 4.98 Å². The summed E-state index contributed by atoms with van der Waals surface area (Å²) in [6.07, 6.45) is 1.59. The van der Waals surface area contributed by atoms with E-state index in [-0.39, 0.29) is 30.8 Å². The van der Waals surface area contributed by atoms with Gasteiger partial charge in [-0.1, -0.05) is 6.07 Å². The fourth-order valence-electron chi connectivity index (χ4n) is 2.27. The number of pyridine rings is 1. The number of carbonyl (C=O) groups excluding carboxylic acids is 2. The molecule has 0 saturated carbocycles. The van der Waals surface area contributed by atoms with Crippen molar-refractivity contribution >= 4 is 24.2 Å². The van der Waals surface area contributed by atoms with Crippen LogP contribution in [0.5, 0.6) is 0 Å². The minimum Gasteiger partial charge on any atom is -0.383 e. The molecule has 1 aromatic rings. The van der Waals surface area contributed by atoms with Crippen LogP contribution in [0.15, 0.2) is 24.4 Å². The maximum absolute atomic E-state index is 12.2. The molecule has 7 nitrogen and oxygen atoms in total. The number of nitrogens with two attached hydrogens (primary N) is 1. The Balaban J connectivity index is 0.00000242. The van der Waals surface area contributed by atoms with E-state index >= 15 is 0 Å². The van der Waals surface area contributed by atoms with E-state index in [1.807, 2.05) is 0 Å². The lowest BCUT2D eigenvalue weighted by atomic mass is 10.2. The molecule has 1 atom stereocenters. The minimum atomic E-state index is -0.645. The molecule has 122 valence electrons. The first kappa shape index (κ1) is 18.3. The quantitative estimate of drug-likeness (QED) is 0.824. The van der Waals surface area contributed by atoms with E-state index in [0.717, 1.165) is 0 Å². The second kappa shape index (κ2) is 8.67. The molecular weight excluding hydrogens is 308 g/mol. The molecule has 0 spiro atoms. The molecule has 0 aromatic carbocycles. The van der Waals surface area contributed by atoms with Gasteiger partial charge in [-0.05, 0) is 12.1 Å². The van der Waals surface area contributed by atoms with E-state index in [0.29, 0.717) is 31.9 Å². The number of methoxy groups -OCH3 is 1. The highest BCUT2D eigenvalue weighted by Crippen LogP contribution is 2.08. The van der Waals surface area contributed by atoms with Crippen LogP contribution in [0.1, 0.15) is 10.5 Å². The number of rotatable bonds is 4. The SMILES string of the molecule is COCC(N)C(=O)N1CCN(C(=O)c2ccccn2)CC1.Cl. The molecule has 1 fully saturated rings. The van der Waals surface area contributed by atoms with E-state index < -0.39 is 6.04 Å². The zero-order valence-electron chi connectivity index (χ0n) is 12.5. The summed E-state index contributed by atoms with van der Waals surface area (Å²) < 4.78 is 4.89. The van der Waals surface area contributed by atoms with E-state index in [1.165, 1.54) is 7.11 Å². The Labute approximate surface area is 135 Å². The average Bonchev–Trinajstić information content (AvgIpc) is 2.54. The van der Waals surface area contributed by atoms with Gasteiger partial charge in [-0.2, -0.15) is 0 Å². The van der Waals surface area contributed by atoms with Crippen LogP contribution >= 0.6 is 12.4 Å². The van der Waals surface area contributed by atoms with Gasteiger partial charge < -0.3 is 20.3 Å². The first-order valence-corrected chi connectivity index (χ1v) is 6.87. The molecule has 2 N–H and O–H groups in total. The van der Waals surface area contributed by atoms with Gasteiger partial charge >= 0.3 is 0 Å². The summed E-state index contributed by atoms with van der Waals surface area (Å²) in [5, 5.41) is 0. The van der Waals surface area contributed by atoms with Crippen LogP contribution in [0.3, 0.4) is 0 Å². The second-order valence-electron chi connectivity index (χ2n) is 4.89. The van der Waals surface area contributed by atoms with Gasteiger partial charge in [-0.15, -0.1) is 12.4 Å². The summed E-state index contributed by atoms with van der Waals surface area (Å²) >= 11 is 0. The maximum Gasteiger partial charge on any atom is 0.272 e. The summed E-state index contributed by atoms with van der Waals surface area (Å²) in [5.74, 6) is -0.245. The Bertz CT molecular complexity index is 492. The maximum atomic E-state index is 12.2. The van der Waals surface area contributed by atoms with Crippen molar-refractivity contribution in [3.63, 3.8) is 0 Å². The van der Waals surface area contributed by atoms with Crippen molar-refractivity contribution in [1.29, 1.82) is 0 Å². The molecule has 0 aliphatic carbocycles. The standard InChI is InChI=1S/C14H20N4O3.ClH/c1-21-10-11(15)13(19)17-6-8-18(9-7-17)14(20)12-4-2-3-5-16-12;/h2-5,11H,6-10,15H2,1H3;1H. The lowest BCUT2D eigenvalue weighted by Gasteiger charge is -2.35. The fraction of sp³-hybridized carbons (Fsp3) is 0.500. The van der Waals surface area contributed by atoms with Crippen molar-refractivity contribution in [3.05, 3.63) is 30.1 Å². The minimum absolute atomic E-state index is 0. The largest absolute Gasteiger partial charge is 0.383 e. The topological polar surface area (TPSA) is 88.8 Å². The van der Waals surface area contributed by atoms with Crippen LogP contribution in [-0.4, -0.2) is 72.5 Å². The predicted molar refractivity (Wildman–Crippen MR) is 83.8 cm³/mol. The van der Waals surface area contributed by atoms with E-state index in [1.54, 1.807) is 34.2 Å². The van der Waals surface area contributed by atoms with Gasteiger partial charge in [0.05, 0.1) is 6.61 Å². The third-order valence-electron chi connectivity index (χ3n) is 3.43. The third kappa shape index (κ3) is 4.40. The smallest absolute Gasteiger partial charge is 0.272 e. The highest BCUT2D eigenvalue weighted by molar-refractivity contribution is 5.92. The van der Waals surface area contributed by atoms with Gasteiger partial charge in [0, 0.05) is 39.5 Å². The number of hydrogen-bond donors (Lipinski definition) is 1. The summed E-state index contributed by atoms with van der Waals surface area (Å²) in [6.45, 7) is 2.14. The molecule has 0 bridgehead atoms. The van der Waals surface area contributed by atoms with Gasteiger partial charge in [0.25, 0.3) is 5.91 Å². The number of halogens is 1. The normalized spacial score (nSPS) is 15.9. The molecule has 1 aliphatic heterocycles. The summed E-state index contributed by atoms with van der Waals surface area (Å²) in [4.78, 5) is 31.7. The van der Waals surface area contributed by atoms with Gasteiger partial charge in [0.2, 0.25) is 5.91 Å². The highest BCUT2D eigenvalue weighted by atomic mass is 35.5. The number of aromatic nitrogens is 1. The number of amides is 2. The molecule has 0 radical (unpaired) electrons. The molecular formula is C14H21ClN4O3. The Kier molecular flexibility index (Phi) is 7.23. The molecule has 1 saturated heterocycles. The number of carbonyl (C=O) groups is 2. The lowest BCUT2D eigenvalue weighted by molar-refractivity contribution is -0.135. The molecule has 1 aromatic heterocycles. The van der Waals surface area contributed by atoms with Gasteiger partial charge in [0.15, 0.2) is 0 Å². The number of piperazine rings is 1. The number of hydrogen-bond acceptors (Lipinski definition) is 5. The zero-order valence-corrected chi connectivity index (χ0v) is 13.3. The zero-order chi connectivity index (χ0) is 15.2. The predicted octanol–water partition coefficient (Wildman–Crippen LogP) is -0.238. The van der Waals surface area contributed by atoms with Gasteiger partial charge in [-0.25, -0.2) is 0 Å². The Morgan fingerprint density at radius 2 is 1.91 bits per heavy atom. The van der Waals surface area contributed by atoms with Crippen LogP contribution in [0.2, 0.25) is 0 Å². The van der Waals surface area contributed by atoms with Crippen molar-refractivity contribution in [2.75, 3.05) is 39.9 Å². The van der Waals surface area contributed by atoms with E-state index in [9.17, 15) is 9.59 Å². The van der Waals surface area contributed by atoms with Crippen molar-refractivity contribution in [2.24, 2.45) is 5.73 Å². The molecule has 2 heterocycles. The first-order chi connectivity index (χ1) is 10.1. The molecule has 1 unspecified atom stereocenters. The van der Waals surface area contributed by atoms with Crippen molar-refractivity contribution < 1.29 is 14.3 Å². The molecule has 1 aliphatic rings. The average molecular weight is 329 g/mol. The Morgan fingerprint density at radius 1 is 1.27 bits per heavy atom. The van der Waals surface area contributed by atoms with Crippen molar-refractivity contribution in [3.8, 4) is 0 Å². The van der Waals surface area contributed by atoms with Crippen LogP contribution in [0, 0.1) is 0 Å². The number of ether oxygens (including phenoxy) is 1. The van der Waals surface area contributed by atoms with Crippen molar-refractivity contribution in [1.82, 2.24) is 14.8 Å². The van der Waals surface area contributed by atoms with Crippen LogP contribution in [-0.2, 0) is 9.53 Å². The summed E-state index contributed by atoms with van der Waals surface area (Å²) in [6, 6.07) is 4.59. The van der Waals surface area contributed by atoms with Gasteiger partial charge in [-0.3, -0.25) is 14.6 Å². The second-order valence-corrected chi connectivity index (χ2v) is 4.89. The summed E-state index contributed by atoms with van der Waals surface area (Å²) in [5.41, 5.74) is 6.16. The Hall–Kier alpha value is -1.70. The first-order valence-electron chi connectivity index (χ1n) is 6.87. The van der Waals surface area contributed by atoms with Crippen LogP contribution in [0.25, 0.3) is 0 Å². The van der Waals surface area contributed by atoms with Crippen molar-refractivity contribution in [2.45, 2.75) is 6.04 Å². The number of nitrogens with zero attached hydrogens (tertiary/aromatic N) is 3. The van der Waals surface area contributed by atoms with Gasteiger partial charge in [0.1, 0.15) is 11.7 Å². The fourth-order valence-corrected chi connectivity index (χ4v) is 2.27. The lowest BCUT2D eigenvalue weighted by Crippen LogP contribution is -2.55. The molecule has 2 amide bonds. The molecule has 22 heavy (non-hydrogen) atoms. The molecule has 2 rings (SSSR count). The van der Waals surface area contributed by atoms with E-state index in [4.69, 9.17) is 10.5 Å².